The van der Waals surface area contributed by atoms with Crippen molar-refractivity contribution in [2.75, 3.05) is 37.6 Å². The zero-order valence-electron chi connectivity index (χ0n) is 19.3. The second-order valence-electron chi connectivity index (χ2n) is 8.11. The molecule has 6 N–H and O–H groups in total. The lowest BCUT2D eigenvalue weighted by Gasteiger charge is -2.30. The molecule has 1 aromatic carbocycles. The quantitative estimate of drug-likeness (QED) is 0.322. The van der Waals surface area contributed by atoms with Gasteiger partial charge in [-0.15, -0.1) is 5.10 Å². The third-order valence-electron chi connectivity index (χ3n) is 5.65. The molecule has 1 fully saturated rings. The van der Waals surface area contributed by atoms with Gasteiger partial charge < -0.3 is 36.3 Å². The van der Waals surface area contributed by atoms with Gasteiger partial charge in [0.25, 0.3) is 5.91 Å². The van der Waals surface area contributed by atoms with Crippen LogP contribution in [0.5, 0.6) is 5.88 Å². The van der Waals surface area contributed by atoms with Crippen LogP contribution >= 0.6 is 0 Å². The van der Waals surface area contributed by atoms with Crippen LogP contribution in [0.1, 0.15) is 16.8 Å². The molecule has 11 nitrogen and oxygen atoms in total. The van der Waals surface area contributed by atoms with Gasteiger partial charge in [0.05, 0.1) is 36.2 Å². The normalized spacial score (nSPS) is 17.9. The van der Waals surface area contributed by atoms with Crippen molar-refractivity contribution >= 4 is 34.1 Å². The van der Waals surface area contributed by atoms with Crippen molar-refractivity contribution in [3.63, 3.8) is 0 Å². The molecule has 0 unspecified atom stereocenters. The average Bonchev–Trinajstić information content (AvgIpc) is 3.16. The maximum Gasteiger partial charge on any atom is 0.388 e. The van der Waals surface area contributed by atoms with Crippen LogP contribution in [-0.2, 0) is 16.0 Å². The summed E-state index contributed by atoms with van der Waals surface area (Å²) in [4.78, 5) is 16.2. The van der Waals surface area contributed by atoms with E-state index in [4.69, 9.17) is 20.9 Å². The Bertz CT molecular complexity index is 1240. The van der Waals surface area contributed by atoms with Crippen molar-refractivity contribution in [1.82, 2.24) is 14.8 Å². The maximum absolute atomic E-state index is 14.8. The number of fused-ring (bicyclic) bond motifs is 1. The van der Waals surface area contributed by atoms with E-state index in [1.165, 1.54) is 17.9 Å². The molecule has 0 spiro atoms. The van der Waals surface area contributed by atoms with Crippen LogP contribution in [0, 0.1) is 5.82 Å². The van der Waals surface area contributed by atoms with Gasteiger partial charge in [-0.05, 0) is 30.7 Å². The van der Waals surface area contributed by atoms with Crippen LogP contribution in [0.2, 0.25) is 0 Å². The topological polar surface area (TPSA) is 152 Å². The lowest BCUT2D eigenvalue weighted by atomic mass is 10.0. The number of rotatable bonds is 10. The summed E-state index contributed by atoms with van der Waals surface area (Å²) in [5.41, 5.74) is 12.2. The SMILES string of the molecule is COCCn1nc(OC(F)F)c2cc(Nc3nc(N[C@@H]4CCOC[C@@H]4N)c(F)cc3C(N)=O)ccc21. The monoisotopic (exact) mass is 509 g/mol. The Morgan fingerprint density at radius 3 is 2.83 bits per heavy atom. The number of primary amides is 1. The van der Waals surface area contributed by atoms with E-state index in [1.807, 2.05) is 0 Å². The molecular formula is C22H26F3N7O4. The fourth-order valence-electron chi connectivity index (χ4n) is 3.87. The third kappa shape index (κ3) is 5.61. The van der Waals surface area contributed by atoms with Gasteiger partial charge in [0.15, 0.2) is 11.6 Å². The zero-order chi connectivity index (χ0) is 25.8. The molecule has 3 aromatic rings. The number of methoxy groups -OCH3 is 1. The summed E-state index contributed by atoms with van der Waals surface area (Å²) >= 11 is 0. The number of ether oxygens (including phenoxy) is 3. The van der Waals surface area contributed by atoms with Crippen molar-refractivity contribution < 1.29 is 32.2 Å². The summed E-state index contributed by atoms with van der Waals surface area (Å²) in [7, 11) is 1.51. The van der Waals surface area contributed by atoms with Gasteiger partial charge in [-0.1, -0.05) is 0 Å². The molecule has 1 aliphatic rings. The second-order valence-corrected chi connectivity index (χ2v) is 8.11. The Hall–Kier alpha value is -3.62. The van der Waals surface area contributed by atoms with Crippen LogP contribution in [0.4, 0.5) is 30.5 Å². The molecule has 36 heavy (non-hydrogen) atoms. The van der Waals surface area contributed by atoms with Crippen molar-refractivity contribution in [3.8, 4) is 5.88 Å². The highest BCUT2D eigenvalue weighted by molar-refractivity contribution is 5.99. The Morgan fingerprint density at radius 2 is 2.14 bits per heavy atom. The van der Waals surface area contributed by atoms with Crippen LogP contribution in [0.25, 0.3) is 10.9 Å². The standard InChI is InChI=1S/C22H26F3N7O4/c1-34-7-5-32-17-3-2-11(8-12(17)21(31-32)36-22(24)25)28-19-13(18(27)33)9-14(23)20(30-19)29-16-4-6-35-10-15(16)26/h2-3,8-9,15-16,22H,4-7,10,26H2,1H3,(H2,27,33)(H2,28,29,30)/t15-,16+/m0/s1. The smallest absolute Gasteiger partial charge is 0.388 e. The number of aromatic nitrogens is 3. The second kappa shape index (κ2) is 11.0. The Labute approximate surface area is 203 Å². The van der Waals surface area contributed by atoms with Crippen molar-refractivity contribution in [1.29, 1.82) is 0 Å². The molecule has 0 radical (unpaired) electrons. The Morgan fingerprint density at radius 1 is 1.33 bits per heavy atom. The summed E-state index contributed by atoms with van der Waals surface area (Å²) < 4.78 is 57.1. The summed E-state index contributed by atoms with van der Waals surface area (Å²) in [6.07, 6.45) is 0.541. The van der Waals surface area contributed by atoms with E-state index in [-0.39, 0.29) is 40.5 Å². The van der Waals surface area contributed by atoms with E-state index in [0.29, 0.717) is 44.0 Å². The first-order valence-electron chi connectivity index (χ1n) is 11.1. The van der Waals surface area contributed by atoms with E-state index in [0.717, 1.165) is 6.07 Å². The highest BCUT2D eigenvalue weighted by Gasteiger charge is 2.25. The van der Waals surface area contributed by atoms with Gasteiger partial charge in [0, 0.05) is 31.5 Å². The van der Waals surface area contributed by atoms with Crippen molar-refractivity contribution in [2.24, 2.45) is 11.5 Å². The molecule has 2 aromatic heterocycles. The van der Waals surface area contributed by atoms with E-state index in [9.17, 15) is 18.0 Å². The third-order valence-corrected chi connectivity index (χ3v) is 5.65. The number of hydrogen-bond donors (Lipinski definition) is 4. The van der Waals surface area contributed by atoms with Crippen LogP contribution < -0.4 is 26.8 Å². The van der Waals surface area contributed by atoms with Crippen LogP contribution in [-0.4, -0.2) is 66.3 Å². The number of carbonyl (C=O) groups excluding carboxylic acids is 1. The average molecular weight is 509 g/mol. The maximum atomic E-state index is 14.8. The summed E-state index contributed by atoms with van der Waals surface area (Å²) in [6.45, 7) is -1.70. The zero-order valence-corrected chi connectivity index (χ0v) is 19.3. The number of halogens is 3. The van der Waals surface area contributed by atoms with E-state index in [2.05, 4.69) is 25.5 Å². The highest BCUT2D eigenvalue weighted by atomic mass is 19.3. The van der Waals surface area contributed by atoms with Crippen molar-refractivity contribution in [2.45, 2.75) is 31.7 Å². The van der Waals surface area contributed by atoms with Gasteiger partial charge in [0.1, 0.15) is 5.82 Å². The Kier molecular flexibility index (Phi) is 7.76. The van der Waals surface area contributed by atoms with E-state index < -0.39 is 18.3 Å². The van der Waals surface area contributed by atoms with Gasteiger partial charge in [0.2, 0.25) is 5.88 Å². The molecule has 3 heterocycles. The molecule has 0 saturated carbocycles. The molecule has 0 bridgehead atoms. The summed E-state index contributed by atoms with van der Waals surface area (Å²) in [5.74, 6) is -2.13. The van der Waals surface area contributed by atoms with Gasteiger partial charge in [-0.2, -0.15) is 8.78 Å². The van der Waals surface area contributed by atoms with Gasteiger partial charge in [-0.25, -0.2) is 9.37 Å². The van der Waals surface area contributed by atoms with E-state index >= 15 is 0 Å². The number of nitrogens with one attached hydrogen (secondary N) is 2. The van der Waals surface area contributed by atoms with Gasteiger partial charge in [-0.3, -0.25) is 9.48 Å². The number of hydrogen-bond acceptors (Lipinski definition) is 9. The summed E-state index contributed by atoms with van der Waals surface area (Å²) in [5, 5.41) is 10.3. The number of amides is 1. The minimum absolute atomic E-state index is 0.0329. The highest BCUT2D eigenvalue weighted by Crippen LogP contribution is 2.31. The molecule has 1 amide bonds. The molecule has 194 valence electrons. The largest absolute Gasteiger partial charge is 0.415 e. The van der Waals surface area contributed by atoms with Crippen molar-refractivity contribution in [3.05, 3.63) is 35.6 Å². The predicted octanol–water partition coefficient (Wildman–Crippen LogP) is 2.19. The lowest BCUT2D eigenvalue weighted by molar-refractivity contribution is -0.0523. The summed E-state index contributed by atoms with van der Waals surface area (Å²) in [6, 6.07) is 5.05. The fourth-order valence-corrected chi connectivity index (χ4v) is 3.87. The first kappa shape index (κ1) is 25.5. The number of nitrogens with two attached hydrogens (primary N) is 2. The number of carbonyl (C=O) groups is 1. The fraction of sp³-hybridized carbons (Fsp3) is 0.409. The number of nitrogens with zero attached hydrogens (tertiary/aromatic N) is 3. The first-order valence-corrected chi connectivity index (χ1v) is 11.1. The number of benzene rings is 1. The molecule has 0 aliphatic carbocycles. The molecule has 2 atom stereocenters. The molecule has 14 heteroatoms. The first-order chi connectivity index (χ1) is 17.3. The molecule has 4 rings (SSSR count). The number of alkyl halides is 2. The minimum atomic E-state index is -3.08. The number of pyridine rings is 1. The van der Waals surface area contributed by atoms with Crippen LogP contribution in [0.3, 0.4) is 0 Å². The van der Waals surface area contributed by atoms with Crippen LogP contribution in [0.15, 0.2) is 24.3 Å². The van der Waals surface area contributed by atoms with Gasteiger partial charge >= 0.3 is 6.61 Å². The lowest BCUT2D eigenvalue weighted by Crippen LogP contribution is -2.47. The Balaban J connectivity index is 1.68. The number of anilines is 3. The molecule has 1 saturated heterocycles. The minimum Gasteiger partial charge on any atom is -0.415 e. The molecule has 1 aliphatic heterocycles. The predicted molar refractivity (Wildman–Crippen MR) is 125 cm³/mol. The van der Waals surface area contributed by atoms with E-state index in [1.54, 1.807) is 12.1 Å². The molecular weight excluding hydrogens is 483 g/mol.